The maximum absolute atomic E-state index is 13.1. The minimum Gasteiger partial charge on any atom is -0.341 e. The third kappa shape index (κ3) is 3.55. The van der Waals surface area contributed by atoms with Gasteiger partial charge in [0.2, 0.25) is 5.95 Å². The van der Waals surface area contributed by atoms with Gasteiger partial charge in [-0.15, -0.1) is 0 Å². The fourth-order valence-corrected chi connectivity index (χ4v) is 3.05. The molecule has 1 fully saturated rings. The van der Waals surface area contributed by atoms with Gasteiger partial charge in [-0.2, -0.15) is 0 Å². The number of rotatable bonds is 4. The largest absolute Gasteiger partial charge is 0.341 e. The van der Waals surface area contributed by atoms with Crippen LogP contribution in [0.5, 0.6) is 0 Å². The number of halogens is 1. The van der Waals surface area contributed by atoms with Crippen LogP contribution in [0.25, 0.3) is 0 Å². The number of nitrogens with zero attached hydrogens (tertiary/aromatic N) is 3. The number of Topliss-reactive ketones (excluding diaryl/α,β-unsaturated/α-hetero) is 1. The molecule has 2 heterocycles. The Morgan fingerprint density at radius 2 is 1.65 bits per heavy atom. The van der Waals surface area contributed by atoms with Crippen LogP contribution < -0.4 is 4.90 Å². The molecule has 1 aliphatic rings. The number of benzene rings is 1. The van der Waals surface area contributed by atoms with Gasteiger partial charge in [-0.25, -0.2) is 14.4 Å². The number of hydrogen-bond acceptors (Lipinski definition) is 4. The SMILES string of the molecule is CC(=O)C(c1ccc(F)cc1)c1cnc(N2CCCCC2)nc1. The molecule has 1 aliphatic heterocycles. The number of anilines is 1. The van der Waals surface area contributed by atoms with E-state index in [2.05, 4.69) is 14.9 Å². The van der Waals surface area contributed by atoms with Crippen molar-refractivity contribution in [2.45, 2.75) is 32.1 Å². The molecule has 1 unspecified atom stereocenters. The van der Waals surface area contributed by atoms with Crippen molar-refractivity contribution in [3.8, 4) is 0 Å². The van der Waals surface area contributed by atoms with Crippen molar-refractivity contribution in [1.29, 1.82) is 0 Å². The van der Waals surface area contributed by atoms with Gasteiger partial charge in [0.1, 0.15) is 11.6 Å². The van der Waals surface area contributed by atoms with E-state index >= 15 is 0 Å². The molecule has 1 aromatic carbocycles. The van der Waals surface area contributed by atoms with E-state index in [1.165, 1.54) is 25.5 Å². The fourth-order valence-electron chi connectivity index (χ4n) is 3.05. The van der Waals surface area contributed by atoms with Gasteiger partial charge in [-0.3, -0.25) is 4.79 Å². The van der Waals surface area contributed by atoms with Crippen molar-refractivity contribution in [2.75, 3.05) is 18.0 Å². The molecule has 23 heavy (non-hydrogen) atoms. The van der Waals surface area contributed by atoms with E-state index < -0.39 is 5.92 Å². The van der Waals surface area contributed by atoms with Gasteiger partial charge in [0, 0.05) is 31.0 Å². The fraction of sp³-hybridized carbons (Fsp3) is 0.389. The van der Waals surface area contributed by atoms with Gasteiger partial charge < -0.3 is 4.90 Å². The summed E-state index contributed by atoms with van der Waals surface area (Å²) in [6.45, 7) is 3.49. The van der Waals surface area contributed by atoms with Crippen LogP contribution in [0.2, 0.25) is 0 Å². The molecule has 0 spiro atoms. The van der Waals surface area contributed by atoms with Gasteiger partial charge in [0.15, 0.2) is 0 Å². The van der Waals surface area contributed by atoms with E-state index in [0.717, 1.165) is 43.0 Å². The van der Waals surface area contributed by atoms with Crippen LogP contribution in [0.3, 0.4) is 0 Å². The summed E-state index contributed by atoms with van der Waals surface area (Å²) >= 11 is 0. The first-order chi connectivity index (χ1) is 11.1. The summed E-state index contributed by atoms with van der Waals surface area (Å²) in [6, 6.07) is 6.02. The lowest BCUT2D eigenvalue weighted by molar-refractivity contribution is -0.117. The normalized spacial score (nSPS) is 16.2. The molecule has 0 aliphatic carbocycles. The predicted octanol–water partition coefficient (Wildman–Crippen LogP) is 3.33. The van der Waals surface area contributed by atoms with Crippen molar-refractivity contribution in [3.63, 3.8) is 0 Å². The van der Waals surface area contributed by atoms with E-state index in [-0.39, 0.29) is 11.6 Å². The van der Waals surface area contributed by atoms with Crippen LogP contribution in [0.15, 0.2) is 36.7 Å². The molecular weight excluding hydrogens is 293 g/mol. The highest BCUT2D eigenvalue weighted by Gasteiger charge is 2.21. The summed E-state index contributed by atoms with van der Waals surface area (Å²) in [5.41, 5.74) is 1.50. The van der Waals surface area contributed by atoms with E-state index in [1.807, 2.05) is 0 Å². The molecule has 120 valence electrons. The predicted molar refractivity (Wildman–Crippen MR) is 87.0 cm³/mol. The molecule has 1 atom stereocenters. The van der Waals surface area contributed by atoms with E-state index in [4.69, 9.17) is 0 Å². The molecule has 0 radical (unpaired) electrons. The number of carbonyl (C=O) groups excluding carboxylic acids is 1. The summed E-state index contributed by atoms with van der Waals surface area (Å²) in [6.07, 6.45) is 7.01. The summed E-state index contributed by atoms with van der Waals surface area (Å²) in [5, 5.41) is 0. The molecule has 1 aromatic heterocycles. The maximum Gasteiger partial charge on any atom is 0.225 e. The van der Waals surface area contributed by atoms with Crippen LogP contribution in [-0.4, -0.2) is 28.8 Å². The van der Waals surface area contributed by atoms with Crippen LogP contribution in [0.1, 0.15) is 43.2 Å². The Hall–Kier alpha value is -2.30. The average molecular weight is 313 g/mol. The average Bonchev–Trinajstić information content (AvgIpc) is 2.58. The maximum atomic E-state index is 13.1. The van der Waals surface area contributed by atoms with Crippen LogP contribution in [0, 0.1) is 5.82 Å². The van der Waals surface area contributed by atoms with Crippen LogP contribution >= 0.6 is 0 Å². The molecular formula is C18H20FN3O. The Balaban J connectivity index is 1.85. The van der Waals surface area contributed by atoms with E-state index in [1.54, 1.807) is 24.5 Å². The quantitative estimate of drug-likeness (QED) is 0.868. The van der Waals surface area contributed by atoms with Gasteiger partial charge in [-0.1, -0.05) is 12.1 Å². The van der Waals surface area contributed by atoms with Crippen molar-refractivity contribution >= 4 is 11.7 Å². The lowest BCUT2D eigenvalue weighted by Gasteiger charge is -2.26. The topological polar surface area (TPSA) is 46.1 Å². The highest BCUT2D eigenvalue weighted by molar-refractivity contribution is 5.86. The Morgan fingerprint density at radius 1 is 1.04 bits per heavy atom. The van der Waals surface area contributed by atoms with Crippen molar-refractivity contribution in [2.24, 2.45) is 0 Å². The summed E-state index contributed by atoms with van der Waals surface area (Å²) in [4.78, 5) is 23.1. The zero-order valence-electron chi connectivity index (χ0n) is 13.2. The first-order valence-electron chi connectivity index (χ1n) is 7.98. The number of aromatic nitrogens is 2. The molecule has 0 amide bonds. The Kier molecular flexibility index (Phi) is 4.65. The summed E-state index contributed by atoms with van der Waals surface area (Å²) < 4.78 is 13.1. The second-order valence-electron chi connectivity index (χ2n) is 5.96. The standard InChI is InChI=1S/C18H20FN3O/c1-13(23)17(14-5-7-16(19)8-6-14)15-11-20-18(21-12-15)22-9-3-2-4-10-22/h5-8,11-12,17H,2-4,9-10H2,1H3. The molecule has 3 rings (SSSR count). The second-order valence-corrected chi connectivity index (χ2v) is 5.96. The van der Waals surface area contributed by atoms with Gasteiger partial charge in [0.05, 0.1) is 5.92 Å². The Morgan fingerprint density at radius 3 is 2.22 bits per heavy atom. The number of ketones is 1. The molecule has 0 N–H and O–H groups in total. The van der Waals surface area contributed by atoms with Gasteiger partial charge in [0.25, 0.3) is 0 Å². The number of carbonyl (C=O) groups is 1. The third-order valence-corrected chi connectivity index (χ3v) is 4.24. The Labute approximate surface area is 135 Å². The third-order valence-electron chi connectivity index (χ3n) is 4.24. The molecule has 5 heteroatoms. The highest BCUT2D eigenvalue weighted by Crippen LogP contribution is 2.26. The molecule has 1 saturated heterocycles. The second kappa shape index (κ2) is 6.86. The molecule has 2 aromatic rings. The minimum absolute atomic E-state index is 0.00840. The van der Waals surface area contributed by atoms with E-state index in [9.17, 15) is 9.18 Å². The minimum atomic E-state index is -0.453. The van der Waals surface area contributed by atoms with Gasteiger partial charge in [-0.05, 0) is 43.9 Å². The molecule has 0 bridgehead atoms. The lowest BCUT2D eigenvalue weighted by atomic mass is 9.90. The van der Waals surface area contributed by atoms with Crippen molar-refractivity contribution < 1.29 is 9.18 Å². The van der Waals surface area contributed by atoms with E-state index in [0.29, 0.717) is 0 Å². The highest BCUT2D eigenvalue weighted by atomic mass is 19.1. The van der Waals surface area contributed by atoms with Crippen LogP contribution in [0.4, 0.5) is 10.3 Å². The Bertz CT molecular complexity index is 664. The molecule has 0 saturated carbocycles. The smallest absolute Gasteiger partial charge is 0.225 e. The monoisotopic (exact) mass is 313 g/mol. The number of hydrogen-bond donors (Lipinski definition) is 0. The molecule has 4 nitrogen and oxygen atoms in total. The summed E-state index contributed by atoms with van der Waals surface area (Å²) in [5.74, 6) is -0.0560. The number of piperidine rings is 1. The zero-order valence-corrected chi connectivity index (χ0v) is 13.2. The first-order valence-corrected chi connectivity index (χ1v) is 7.98. The first kappa shape index (κ1) is 15.6. The van der Waals surface area contributed by atoms with Crippen molar-refractivity contribution in [3.05, 3.63) is 53.6 Å². The van der Waals surface area contributed by atoms with Crippen LogP contribution in [-0.2, 0) is 4.79 Å². The van der Waals surface area contributed by atoms with Gasteiger partial charge >= 0.3 is 0 Å². The van der Waals surface area contributed by atoms with Crippen molar-refractivity contribution in [1.82, 2.24) is 9.97 Å². The zero-order chi connectivity index (χ0) is 16.2. The lowest BCUT2D eigenvalue weighted by Crippen LogP contribution is -2.31. The summed E-state index contributed by atoms with van der Waals surface area (Å²) in [7, 11) is 0.